The number of amides is 1. The van der Waals surface area contributed by atoms with Crippen LogP contribution in [0.2, 0.25) is 0 Å². The van der Waals surface area contributed by atoms with Crippen LogP contribution in [0.15, 0.2) is 35.4 Å². The average molecular weight is 399 g/mol. The molecule has 0 saturated carbocycles. The monoisotopic (exact) mass is 399 g/mol. The molecule has 1 atom stereocenters. The predicted molar refractivity (Wildman–Crippen MR) is 108 cm³/mol. The Morgan fingerprint density at radius 2 is 2.04 bits per heavy atom. The predicted octanol–water partition coefficient (Wildman–Crippen LogP) is 3.60. The molecule has 1 aliphatic rings. The summed E-state index contributed by atoms with van der Waals surface area (Å²) < 4.78 is 14.6. The van der Waals surface area contributed by atoms with Gasteiger partial charge in [-0.15, -0.1) is 11.3 Å². The van der Waals surface area contributed by atoms with Crippen LogP contribution in [-0.2, 0) is 24.2 Å². The SMILES string of the molecule is CC(C)C(NC(=O)Cn1cnc2sc3c(c2c1=O)CCC3)c1ccc(F)cc1. The smallest absolute Gasteiger partial charge is 0.262 e. The molecule has 7 heteroatoms. The largest absolute Gasteiger partial charge is 0.347 e. The number of hydrogen-bond donors (Lipinski definition) is 1. The van der Waals surface area contributed by atoms with Crippen LogP contribution in [0.5, 0.6) is 0 Å². The highest BCUT2D eigenvalue weighted by molar-refractivity contribution is 7.18. The Bertz CT molecular complexity index is 1090. The van der Waals surface area contributed by atoms with Gasteiger partial charge in [-0.2, -0.15) is 0 Å². The number of carbonyl (C=O) groups excluding carboxylic acids is 1. The van der Waals surface area contributed by atoms with Gasteiger partial charge in [0.05, 0.1) is 17.8 Å². The minimum Gasteiger partial charge on any atom is -0.347 e. The summed E-state index contributed by atoms with van der Waals surface area (Å²) >= 11 is 1.59. The third-order valence-corrected chi connectivity index (χ3v) is 6.42. The van der Waals surface area contributed by atoms with Crippen LogP contribution in [0, 0.1) is 11.7 Å². The number of halogens is 1. The van der Waals surface area contributed by atoms with E-state index in [4.69, 9.17) is 0 Å². The van der Waals surface area contributed by atoms with Crippen molar-refractivity contribution < 1.29 is 9.18 Å². The summed E-state index contributed by atoms with van der Waals surface area (Å²) in [5.74, 6) is -0.461. The molecule has 1 amide bonds. The lowest BCUT2D eigenvalue weighted by molar-refractivity contribution is -0.122. The number of aryl methyl sites for hydroxylation is 2. The normalized spacial score (nSPS) is 14.4. The summed E-state index contributed by atoms with van der Waals surface area (Å²) in [5, 5.41) is 3.65. The number of nitrogens with one attached hydrogen (secondary N) is 1. The number of aromatic nitrogens is 2. The minimum absolute atomic E-state index is 0.0865. The Labute approximate surface area is 166 Å². The van der Waals surface area contributed by atoms with Crippen LogP contribution in [-0.4, -0.2) is 15.5 Å². The van der Waals surface area contributed by atoms with Crippen LogP contribution in [0.3, 0.4) is 0 Å². The number of hydrogen-bond acceptors (Lipinski definition) is 4. The molecule has 2 aromatic heterocycles. The molecule has 0 aliphatic heterocycles. The Hall–Kier alpha value is -2.54. The molecular weight excluding hydrogens is 377 g/mol. The van der Waals surface area contributed by atoms with Crippen molar-refractivity contribution in [3.8, 4) is 0 Å². The van der Waals surface area contributed by atoms with E-state index >= 15 is 0 Å². The van der Waals surface area contributed by atoms with Gasteiger partial charge in [0, 0.05) is 4.88 Å². The fraction of sp³-hybridized carbons (Fsp3) is 0.381. The third kappa shape index (κ3) is 3.46. The van der Waals surface area contributed by atoms with E-state index in [1.54, 1.807) is 23.5 Å². The molecule has 5 nitrogen and oxygen atoms in total. The maximum atomic E-state index is 13.2. The number of carbonyl (C=O) groups is 1. The second-order valence-electron chi connectivity index (χ2n) is 7.56. The molecule has 1 aliphatic carbocycles. The second kappa shape index (κ2) is 7.47. The Morgan fingerprint density at radius 3 is 2.75 bits per heavy atom. The zero-order valence-corrected chi connectivity index (χ0v) is 16.7. The van der Waals surface area contributed by atoms with E-state index in [1.165, 1.54) is 27.9 Å². The highest BCUT2D eigenvalue weighted by atomic mass is 32.1. The summed E-state index contributed by atoms with van der Waals surface area (Å²) in [4.78, 5) is 32.0. The van der Waals surface area contributed by atoms with E-state index in [2.05, 4.69) is 10.3 Å². The van der Waals surface area contributed by atoms with Crippen molar-refractivity contribution >= 4 is 27.5 Å². The molecule has 1 N–H and O–H groups in total. The van der Waals surface area contributed by atoms with E-state index in [-0.39, 0.29) is 35.8 Å². The summed E-state index contributed by atoms with van der Waals surface area (Å²) in [6.07, 6.45) is 4.43. The molecule has 0 saturated heterocycles. The molecule has 0 radical (unpaired) electrons. The number of benzene rings is 1. The van der Waals surface area contributed by atoms with Gasteiger partial charge < -0.3 is 5.32 Å². The number of nitrogens with zero attached hydrogens (tertiary/aromatic N) is 2. The quantitative estimate of drug-likeness (QED) is 0.713. The third-order valence-electron chi connectivity index (χ3n) is 5.22. The first-order chi connectivity index (χ1) is 13.4. The van der Waals surface area contributed by atoms with E-state index in [1.807, 2.05) is 13.8 Å². The second-order valence-corrected chi connectivity index (χ2v) is 8.64. The number of fused-ring (bicyclic) bond motifs is 3. The molecule has 1 unspecified atom stereocenters. The Balaban J connectivity index is 1.57. The minimum atomic E-state index is -0.313. The van der Waals surface area contributed by atoms with E-state index in [0.29, 0.717) is 5.39 Å². The molecule has 0 bridgehead atoms. The summed E-state index contributed by atoms with van der Waals surface area (Å²) in [5.41, 5.74) is 1.79. The van der Waals surface area contributed by atoms with Crippen LogP contribution in [0.25, 0.3) is 10.2 Å². The molecule has 0 fully saturated rings. The van der Waals surface area contributed by atoms with Crippen molar-refractivity contribution in [3.63, 3.8) is 0 Å². The van der Waals surface area contributed by atoms with Crippen molar-refractivity contribution in [1.82, 2.24) is 14.9 Å². The van der Waals surface area contributed by atoms with Crippen molar-refractivity contribution in [3.05, 3.63) is 62.8 Å². The standard InChI is InChI=1S/C21H22FN3O2S/c1-12(2)19(13-6-8-14(22)9-7-13)24-17(26)10-25-11-23-20-18(21(25)27)15-4-3-5-16(15)28-20/h6-9,11-12,19H,3-5,10H2,1-2H3,(H,24,26). The maximum absolute atomic E-state index is 13.2. The van der Waals surface area contributed by atoms with Crippen LogP contribution >= 0.6 is 11.3 Å². The van der Waals surface area contributed by atoms with Gasteiger partial charge in [0.15, 0.2) is 0 Å². The van der Waals surface area contributed by atoms with Gasteiger partial charge in [0.25, 0.3) is 5.56 Å². The Kier molecular flexibility index (Phi) is 5.02. The van der Waals surface area contributed by atoms with Gasteiger partial charge in [-0.25, -0.2) is 9.37 Å². The van der Waals surface area contributed by atoms with Gasteiger partial charge >= 0.3 is 0 Å². The van der Waals surface area contributed by atoms with Crippen LogP contribution in [0.4, 0.5) is 4.39 Å². The molecule has 0 spiro atoms. The summed E-state index contributed by atoms with van der Waals surface area (Å²) in [6, 6.07) is 5.86. The van der Waals surface area contributed by atoms with Crippen molar-refractivity contribution in [2.45, 2.75) is 45.7 Å². The van der Waals surface area contributed by atoms with Gasteiger partial charge in [0.1, 0.15) is 17.2 Å². The van der Waals surface area contributed by atoms with Crippen LogP contribution < -0.4 is 10.9 Å². The van der Waals surface area contributed by atoms with Gasteiger partial charge in [-0.1, -0.05) is 26.0 Å². The molecule has 28 heavy (non-hydrogen) atoms. The number of thiophene rings is 1. The number of rotatable bonds is 5. The van der Waals surface area contributed by atoms with Crippen molar-refractivity contribution in [1.29, 1.82) is 0 Å². The van der Waals surface area contributed by atoms with Gasteiger partial charge in [0.2, 0.25) is 5.91 Å². The highest BCUT2D eigenvalue weighted by Crippen LogP contribution is 2.34. The lowest BCUT2D eigenvalue weighted by atomic mass is 9.96. The topological polar surface area (TPSA) is 64.0 Å². The fourth-order valence-corrected chi connectivity index (χ4v) is 5.03. The zero-order chi connectivity index (χ0) is 19.8. The molecule has 2 heterocycles. The van der Waals surface area contributed by atoms with Gasteiger partial charge in [-0.3, -0.25) is 14.2 Å². The molecule has 1 aromatic carbocycles. The van der Waals surface area contributed by atoms with Gasteiger partial charge in [-0.05, 0) is 48.4 Å². The lowest BCUT2D eigenvalue weighted by Gasteiger charge is -2.23. The lowest BCUT2D eigenvalue weighted by Crippen LogP contribution is -2.36. The molecular formula is C21H22FN3O2S. The fourth-order valence-electron chi connectivity index (χ4n) is 3.81. The molecule has 3 aromatic rings. The Morgan fingerprint density at radius 1 is 1.29 bits per heavy atom. The average Bonchev–Trinajstić information content (AvgIpc) is 3.24. The summed E-state index contributed by atoms with van der Waals surface area (Å²) in [7, 11) is 0. The van der Waals surface area contributed by atoms with Crippen LogP contribution in [0.1, 0.15) is 42.3 Å². The van der Waals surface area contributed by atoms with Crippen molar-refractivity contribution in [2.75, 3.05) is 0 Å². The van der Waals surface area contributed by atoms with E-state index in [9.17, 15) is 14.0 Å². The summed E-state index contributed by atoms with van der Waals surface area (Å²) in [6.45, 7) is 3.89. The highest BCUT2D eigenvalue weighted by Gasteiger charge is 2.23. The molecule has 146 valence electrons. The first kappa shape index (κ1) is 18.8. The maximum Gasteiger partial charge on any atom is 0.262 e. The first-order valence-electron chi connectivity index (χ1n) is 9.48. The first-order valence-corrected chi connectivity index (χ1v) is 10.3. The van der Waals surface area contributed by atoms with E-state index < -0.39 is 0 Å². The van der Waals surface area contributed by atoms with Crippen molar-refractivity contribution in [2.24, 2.45) is 5.92 Å². The van der Waals surface area contributed by atoms with E-state index in [0.717, 1.165) is 35.2 Å². The zero-order valence-electron chi connectivity index (χ0n) is 15.9. The molecule has 4 rings (SSSR count).